The predicted molar refractivity (Wildman–Crippen MR) is 66.0 cm³/mol. The number of hydrogen-bond donors (Lipinski definition) is 3. The van der Waals surface area contributed by atoms with E-state index in [1.807, 2.05) is 6.92 Å². The van der Waals surface area contributed by atoms with Gasteiger partial charge in [0.25, 0.3) is 5.91 Å². The van der Waals surface area contributed by atoms with Gasteiger partial charge in [-0.15, -0.1) is 0 Å². The Bertz CT molecular complexity index is 601. The Morgan fingerprint density at radius 1 is 1.58 bits per heavy atom. The third-order valence-electron chi connectivity index (χ3n) is 3.02. The summed E-state index contributed by atoms with van der Waals surface area (Å²) in [6.45, 7) is 4.25. The summed E-state index contributed by atoms with van der Waals surface area (Å²) in [5.74, 6) is -0.582. The zero-order valence-corrected chi connectivity index (χ0v) is 11.5. The van der Waals surface area contributed by atoms with Gasteiger partial charge in [-0.1, -0.05) is 0 Å². The van der Waals surface area contributed by atoms with Crippen molar-refractivity contribution >= 4 is 15.9 Å². The fraction of sp³-hybridized carbons (Fsp3) is 0.600. The molecule has 1 aromatic rings. The van der Waals surface area contributed by atoms with E-state index in [9.17, 15) is 13.2 Å². The molecular formula is C10H16N4O4S. The lowest BCUT2D eigenvalue weighted by Crippen LogP contribution is -2.46. The maximum absolute atomic E-state index is 12.1. The number of primary sulfonamides is 1. The summed E-state index contributed by atoms with van der Waals surface area (Å²) in [7, 11) is -4.01. The second-order valence-electron chi connectivity index (χ2n) is 4.89. The summed E-state index contributed by atoms with van der Waals surface area (Å²) in [5, 5.41) is 14.0. The molecule has 4 N–H and O–H groups in total. The number of nitrogens with zero attached hydrogens (tertiary/aromatic N) is 1. The average Bonchev–Trinajstić information content (AvgIpc) is 2.83. The van der Waals surface area contributed by atoms with Crippen molar-refractivity contribution in [2.75, 3.05) is 13.2 Å². The Labute approximate surface area is 110 Å². The smallest absolute Gasteiger partial charge is 0.273 e. The van der Waals surface area contributed by atoms with Crippen LogP contribution in [0.1, 0.15) is 29.5 Å². The van der Waals surface area contributed by atoms with Crippen LogP contribution in [-0.4, -0.2) is 43.3 Å². The fourth-order valence-electron chi connectivity index (χ4n) is 2.02. The van der Waals surface area contributed by atoms with Gasteiger partial charge >= 0.3 is 0 Å². The van der Waals surface area contributed by atoms with Crippen LogP contribution in [0.4, 0.5) is 0 Å². The number of H-pyrrole nitrogens is 1. The molecule has 2 rings (SSSR count). The first-order valence-electron chi connectivity index (χ1n) is 5.71. The largest absolute Gasteiger partial charge is 0.379 e. The van der Waals surface area contributed by atoms with Crippen LogP contribution < -0.4 is 10.5 Å². The minimum atomic E-state index is -4.01. The molecule has 9 heteroatoms. The summed E-state index contributed by atoms with van der Waals surface area (Å²) in [5.41, 5.74) is -0.492. The molecule has 1 unspecified atom stereocenters. The van der Waals surface area contributed by atoms with Crippen LogP contribution in [0.15, 0.2) is 4.90 Å². The summed E-state index contributed by atoms with van der Waals surface area (Å²) in [6, 6.07) is 0. The topological polar surface area (TPSA) is 127 Å². The van der Waals surface area contributed by atoms with Crippen molar-refractivity contribution in [1.29, 1.82) is 0 Å². The lowest BCUT2D eigenvalue weighted by Gasteiger charge is -2.22. The number of carbonyl (C=O) groups is 1. The van der Waals surface area contributed by atoms with Gasteiger partial charge < -0.3 is 10.1 Å². The van der Waals surface area contributed by atoms with Gasteiger partial charge in [0.1, 0.15) is 4.90 Å². The number of ether oxygens (including phenoxy) is 1. The first kappa shape index (κ1) is 14.0. The number of aromatic amines is 1. The molecule has 0 radical (unpaired) electrons. The van der Waals surface area contributed by atoms with Gasteiger partial charge in [0, 0.05) is 6.61 Å². The Balaban J connectivity index is 2.30. The van der Waals surface area contributed by atoms with Crippen molar-refractivity contribution in [1.82, 2.24) is 15.5 Å². The van der Waals surface area contributed by atoms with Crippen molar-refractivity contribution in [3.63, 3.8) is 0 Å². The molecule has 1 aromatic heterocycles. The van der Waals surface area contributed by atoms with E-state index in [4.69, 9.17) is 9.88 Å². The molecule has 19 heavy (non-hydrogen) atoms. The molecule has 0 saturated carbocycles. The lowest BCUT2D eigenvalue weighted by molar-refractivity contribution is 0.0881. The highest BCUT2D eigenvalue weighted by atomic mass is 32.2. The molecular weight excluding hydrogens is 272 g/mol. The molecule has 0 bridgehead atoms. The van der Waals surface area contributed by atoms with Crippen LogP contribution in [0.2, 0.25) is 0 Å². The van der Waals surface area contributed by atoms with E-state index in [-0.39, 0.29) is 16.3 Å². The van der Waals surface area contributed by atoms with Crippen LogP contribution >= 0.6 is 0 Å². The molecule has 2 heterocycles. The van der Waals surface area contributed by atoms with Gasteiger partial charge in [0.05, 0.1) is 17.8 Å². The van der Waals surface area contributed by atoms with E-state index >= 15 is 0 Å². The second-order valence-corrected chi connectivity index (χ2v) is 6.39. The number of aromatic nitrogens is 2. The first-order chi connectivity index (χ1) is 8.73. The Hall–Kier alpha value is -1.45. The van der Waals surface area contributed by atoms with Gasteiger partial charge in [0.2, 0.25) is 10.0 Å². The molecule has 1 amide bonds. The number of carbonyl (C=O) groups excluding carboxylic acids is 1. The summed E-state index contributed by atoms with van der Waals surface area (Å²) in [6.07, 6.45) is 0.660. The fourth-order valence-corrected chi connectivity index (χ4v) is 2.90. The summed E-state index contributed by atoms with van der Waals surface area (Å²) in [4.78, 5) is 11.8. The highest BCUT2D eigenvalue weighted by molar-refractivity contribution is 7.89. The van der Waals surface area contributed by atoms with Crippen LogP contribution in [0.5, 0.6) is 0 Å². The monoisotopic (exact) mass is 288 g/mol. The van der Waals surface area contributed by atoms with E-state index in [1.165, 1.54) is 6.92 Å². The van der Waals surface area contributed by atoms with E-state index in [2.05, 4.69) is 15.5 Å². The summed E-state index contributed by atoms with van der Waals surface area (Å²) >= 11 is 0. The maximum atomic E-state index is 12.1. The number of sulfonamides is 1. The van der Waals surface area contributed by atoms with Crippen molar-refractivity contribution in [2.45, 2.75) is 30.7 Å². The van der Waals surface area contributed by atoms with Crippen molar-refractivity contribution < 1.29 is 17.9 Å². The molecule has 1 saturated heterocycles. The highest BCUT2D eigenvalue weighted by Gasteiger charge is 2.34. The van der Waals surface area contributed by atoms with E-state index in [0.717, 1.165) is 0 Å². The van der Waals surface area contributed by atoms with E-state index in [0.29, 0.717) is 19.6 Å². The van der Waals surface area contributed by atoms with Crippen molar-refractivity contribution in [3.8, 4) is 0 Å². The average molecular weight is 288 g/mol. The van der Waals surface area contributed by atoms with E-state index < -0.39 is 21.5 Å². The third-order valence-corrected chi connectivity index (χ3v) is 4.09. The predicted octanol–water partition coefficient (Wildman–Crippen LogP) is -0.726. The first-order valence-corrected chi connectivity index (χ1v) is 7.26. The number of nitrogens with one attached hydrogen (secondary N) is 2. The maximum Gasteiger partial charge on any atom is 0.273 e. The third kappa shape index (κ3) is 2.77. The van der Waals surface area contributed by atoms with Crippen LogP contribution in [0, 0.1) is 6.92 Å². The number of amides is 1. The molecule has 0 spiro atoms. The minimum Gasteiger partial charge on any atom is -0.379 e. The van der Waals surface area contributed by atoms with Gasteiger partial charge in [-0.3, -0.25) is 9.89 Å². The lowest BCUT2D eigenvalue weighted by atomic mass is 10.0. The molecule has 1 fully saturated rings. The standard InChI is InChI=1S/C10H16N4O4S/c1-6-8(19(11,16)17)7(14-13-6)9(15)12-10(2)3-4-18-5-10/h3-5H2,1-2H3,(H,12,15)(H,13,14)(H2,11,16,17). The number of hydrogen-bond acceptors (Lipinski definition) is 5. The minimum absolute atomic E-state index is 0.215. The SMILES string of the molecule is Cc1[nH]nc(C(=O)NC2(C)CCOC2)c1S(N)(=O)=O. The zero-order valence-electron chi connectivity index (χ0n) is 10.7. The van der Waals surface area contributed by atoms with Crippen LogP contribution in [-0.2, 0) is 14.8 Å². The summed E-state index contributed by atoms with van der Waals surface area (Å²) < 4.78 is 28.2. The Morgan fingerprint density at radius 3 is 2.79 bits per heavy atom. The van der Waals surface area contributed by atoms with Crippen LogP contribution in [0.3, 0.4) is 0 Å². The quantitative estimate of drug-likeness (QED) is 0.676. The Kier molecular flexibility index (Phi) is 3.37. The van der Waals surface area contributed by atoms with Crippen molar-refractivity contribution in [3.05, 3.63) is 11.4 Å². The normalized spacial score (nSPS) is 23.5. The highest BCUT2D eigenvalue weighted by Crippen LogP contribution is 2.20. The Morgan fingerprint density at radius 2 is 2.26 bits per heavy atom. The van der Waals surface area contributed by atoms with Gasteiger partial charge in [-0.2, -0.15) is 5.10 Å². The van der Waals surface area contributed by atoms with E-state index in [1.54, 1.807) is 0 Å². The molecule has 0 aliphatic carbocycles. The molecule has 0 aromatic carbocycles. The van der Waals surface area contributed by atoms with Crippen molar-refractivity contribution in [2.24, 2.45) is 5.14 Å². The molecule has 1 aliphatic rings. The van der Waals surface area contributed by atoms with Gasteiger partial charge in [-0.05, 0) is 20.3 Å². The molecule has 8 nitrogen and oxygen atoms in total. The second kappa shape index (κ2) is 4.58. The molecule has 106 valence electrons. The number of rotatable bonds is 3. The van der Waals surface area contributed by atoms with Gasteiger partial charge in [0.15, 0.2) is 5.69 Å². The van der Waals surface area contributed by atoms with Gasteiger partial charge in [-0.25, -0.2) is 13.6 Å². The zero-order chi connectivity index (χ0) is 14.3. The molecule has 1 aliphatic heterocycles. The van der Waals surface area contributed by atoms with Crippen LogP contribution in [0.25, 0.3) is 0 Å². The number of nitrogens with two attached hydrogens (primary N) is 1. The number of aryl methyl sites for hydroxylation is 1. The molecule has 1 atom stereocenters.